The zero-order valence-corrected chi connectivity index (χ0v) is 15.0. The molecule has 0 nitrogen and oxygen atoms in total. The van der Waals surface area contributed by atoms with Crippen LogP contribution in [0.5, 0.6) is 0 Å². The van der Waals surface area contributed by atoms with Crippen molar-refractivity contribution in [1.82, 2.24) is 0 Å². The van der Waals surface area contributed by atoms with Crippen LogP contribution >= 0.6 is 0 Å². The van der Waals surface area contributed by atoms with E-state index in [1.165, 1.54) is 17.5 Å². The molecule has 0 aliphatic rings. The molecule has 15 heavy (non-hydrogen) atoms. The van der Waals surface area contributed by atoms with Crippen LogP contribution in [0.4, 0.5) is 0 Å². The number of halogens is 2. The summed E-state index contributed by atoms with van der Waals surface area (Å²) in [5.41, 5.74) is 2.98. The molecule has 1 rings (SSSR count). The number of hydrogen-bond acceptors (Lipinski definition) is 0. The van der Waals surface area contributed by atoms with E-state index in [1.54, 1.807) is 0 Å². The minimum Gasteiger partial charge on any atom is -1.00 e. The van der Waals surface area contributed by atoms with Crippen molar-refractivity contribution in [2.45, 2.75) is 46.0 Å². The van der Waals surface area contributed by atoms with Gasteiger partial charge in [-0.25, -0.2) is 6.07 Å². The summed E-state index contributed by atoms with van der Waals surface area (Å²) in [5.74, 6) is 1.39. The Balaban J connectivity index is -0.000000480. The first-order valence-corrected chi connectivity index (χ1v) is 4.91. The van der Waals surface area contributed by atoms with Crippen LogP contribution in [-0.2, 0) is 25.8 Å². The smallest absolute Gasteiger partial charge is 0 e. The summed E-state index contributed by atoms with van der Waals surface area (Å²) in [7, 11) is 0. The maximum atomic E-state index is 2.35. The molecule has 0 aliphatic heterocycles. The van der Waals surface area contributed by atoms with Gasteiger partial charge in [-0.1, -0.05) is 40.0 Å². The van der Waals surface area contributed by atoms with Crippen molar-refractivity contribution >= 4 is 0 Å². The van der Waals surface area contributed by atoms with Gasteiger partial charge >= 0.3 is 0 Å². The molecule has 0 fully saturated rings. The van der Waals surface area contributed by atoms with E-state index in [4.69, 9.17) is 0 Å². The molecule has 0 spiro atoms. The molecule has 0 heterocycles. The molecule has 1 aromatic rings. The summed E-state index contributed by atoms with van der Waals surface area (Å²) in [6, 6.07) is 6.87. The Labute approximate surface area is 125 Å². The Hall–Kier alpha value is 0.800. The first-order chi connectivity index (χ1) is 5.65. The largest absolute Gasteiger partial charge is 1.00 e. The molecule has 0 aromatic heterocycles. The summed E-state index contributed by atoms with van der Waals surface area (Å²) in [6.45, 7) is 9.03. The molecule has 0 saturated heterocycles. The summed E-state index contributed by atoms with van der Waals surface area (Å²) >= 11 is 0. The Morgan fingerprint density at radius 3 is 2.07 bits per heavy atom. The predicted molar refractivity (Wildman–Crippen MR) is 54.8 cm³/mol. The van der Waals surface area contributed by atoms with Crippen LogP contribution < -0.4 is 24.8 Å². The van der Waals surface area contributed by atoms with E-state index in [0.29, 0.717) is 5.92 Å². The normalized spacial score (nSPS) is 11.0. The number of hydrogen-bond donors (Lipinski definition) is 0. The van der Waals surface area contributed by atoms with Gasteiger partial charge in [0.1, 0.15) is 0 Å². The topological polar surface area (TPSA) is 0 Å². The van der Waals surface area contributed by atoms with Crippen molar-refractivity contribution in [3.05, 3.63) is 29.3 Å². The van der Waals surface area contributed by atoms with E-state index in [9.17, 15) is 0 Å². The average Bonchev–Trinajstić information content (AvgIpc) is 2.51. The molecule has 1 aromatic carbocycles. The maximum absolute atomic E-state index is 2.35. The van der Waals surface area contributed by atoms with Gasteiger partial charge in [0.15, 0.2) is 0 Å². The van der Waals surface area contributed by atoms with E-state index >= 15 is 0 Å². The first kappa shape index (κ1) is 21.1. The second kappa shape index (κ2) is 9.99. The van der Waals surface area contributed by atoms with Crippen molar-refractivity contribution in [2.75, 3.05) is 0 Å². The monoisotopic (exact) mass is 413 g/mol. The summed E-state index contributed by atoms with van der Waals surface area (Å²) in [4.78, 5) is 0. The van der Waals surface area contributed by atoms with Gasteiger partial charge in [-0.05, 0) is 5.92 Å². The molecular formula is C12H19Cl2Hf-3. The van der Waals surface area contributed by atoms with Gasteiger partial charge in [-0.15, -0.1) is 0 Å². The second-order valence-electron chi connectivity index (χ2n) is 3.94. The molecule has 1 atom stereocenters. The van der Waals surface area contributed by atoms with Crippen LogP contribution in [0.3, 0.4) is 0 Å². The third-order valence-electron chi connectivity index (χ3n) is 2.65. The van der Waals surface area contributed by atoms with Crippen molar-refractivity contribution in [2.24, 2.45) is 0 Å². The summed E-state index contributed by atoms with van der Waals surface area (Å²) in [6.07, 6.45) is 1.24. The summed E-state index contributed by atoms with van der Waals surface area (Å²) in [5, 5.41) is 0. The van der Waals surface area contributed by atoms with Gasteiger partial charge in [-0.2, -0.15) is 23.3 Å². The fraction of sp³-hybridized carbons (Fsp3) is 0.583. The van der Waals surface area contributed by atoms with Crippen molar-refractivity contribution in [1.29, 1.82) is 0 Å². The molecule has 0 amide bonds. The maximum Gasteiger partial charge on any atom is 0 e. The van der Waals surface area contributed by atoms with E-state index in [2.05, 4.69) is 45.9 Å². The third kappa shape index (κ3) is 6.19. The zero-order valence-electron chi connectivity index (χ0n) is 9.85. The van der Waals surface area contributed by atoms with Crippen LogP contribution in [-0.4, -0.2) is 0 Å². The molecule has 3 heteroatoms. The Morgan fingerprint density at radius 2 is 1.73 bits per heavy atom. The SMILES string of the molecule is CCC(C)c1c[cH-]c(C(C)C)c1.[Cl-].[Cl-].[Hf]. The third-order valence-corrected chi connectivity index (χ3v) is 2.65. The number of rotatable bonds is 3. The van der Waals surface area contributed by atoms with E-state index in [0.717, 1.165) is 5.92 Å². The van der Waals surface area contributed by atoms with Gasteiger partial charge in [-0.3, -0.25) is 0 Å². The van der Waals surface area contributed by atoms with Crippen molar-refractivity contribution in [3.8, 4) is 0 Å². The molecule has 0 aliphatic carbocycles. The standard InChI is InChI=1S/C12H19.2ClH.Hf/c1-5-10(4)12-7-6-11(8-12)9(2)3;;;/h6-10H,5H2,1-4H3;2*1H;/q-1;;;/p-2. The average molecular weight is 413 g/mol. The fourth-order valence-corrected chi connectivity index (χ4v) is 1.38. The molecular weight excluding hydrogens is 394 g/mol. The van der Waals surface area contributed by atoms with Gasteiger partial charge in [0, 0.05) is 25.8 Å². The molecule has 0 N–H and O–H groups in total. The molecule has 1 unspecified atom stereocenters. The van der Waals surface area contributed by atoms with Crippen LogP contribution in [0.15, 0.2) is 18.2 Å². The minimum absolute atomic E-state index is 0. The first-order valence-electron chi connectivity index (χ1n) is 4.91. The molecule has 0 saturated carbocycles. The Morgan fingerprint density at radius 1 is 1.20 bits per heavy atom. The van der Waals surface area contributed by atoms with Crippen molar-refractivity contribution in [3.63, 3.8) is 0 Å². The van der Waals surface area contributed by atoms with E-state index in [-0.39, 0.29) is 50.7 Å². The fourth-order valence-electron chi connectivity index (χ4n) is 1.38. The van der Waals surface area contributed by atoms with Crippen LogP contribution in [0.25, 0.3) is 0 Å². The van der Waals surface area contributed by atoms with Gasteiger partial charge in [0.2, 0.25) is 0 Å². The molecule has 88 valence electrons. The Bertz CT molecular complexity index is 244. The Kier molecular flexibility index (Phi) is 14.1. The quantitative estimate of drug-likeness (QED) is 0.400. The second-order valence-corrected chi connectivity index (χ2v) is 3.94. The predicted octanol–water partition coefficient (Wildman–Crippen LogP) is -1.95. The van der Waals surface area contributed by atoms with Gasteiger partial charge < -0.3 is 24.8 Å². The molecule has 0 bridgehead atoms. The van der Waals surface area contributed by atoms with Gasteiger partial charge in [0.25, 0.3) is 0 Å². The van der Waals surface area contributed by atoms with Gasteiger partial charge in [0.05, 0.1) is 0 Å². The zero-order chi connectivity index (χ0) is 9.14. The van der Waals surface area contributed by atoms with Crippen LogP contribution in [0, 0.1) is 0 Å². The molecule has 0 radical (unpaired) electrons. The van der Waals surface area contributed by atoms with Crippen LogP contribution in [0.1, 0.15) is 57.1 Å². The van der Waals surface area contributed by atoms with Crippen LogP contribution in [0.2, 0.25) is 0 Å². The minimum atomic E-state index is 0. The van der Waals surface area contributed by atoms with E-state index < -0.39 is 0 Å². The van der Waals surface area contributed by atoms with E-state index in [1.807, 2.05) is 0 Å². The summed E-state index contributed by atoms with van der Waals surface area (Å²) < 4.78 is 0. The van der Waals surface area contributed by atoms with Crippen molar-refractivity contribution < 1.29 is 50.7 Å².